The van der Waals surface area contributed by atoms with Crippen molar-refractivity contribution in [3.8, 4) is 0 Å². The summed E-state index contributed by atoms with van der Waals surface area (Å²) in [7, 11) is 0. The van der Waals surface area contributed by atoms with E-state index in [0.29, 0.717) is 12.0 Å². The smallest absolute Gasteiger partial charge is 0.150 e. The zero-order valence-electron chi connectivity index (χ0n) is 12.9. The molecule has 0 aromatic carbocycles. The molecule has 1 saturated carbocycles. The van der Waals surface area contributed by atoms with Gasteiger partial charge in [-0.25, -0.2) is 0 Å². The second-order valence-electron chi connectivity index (χ2n) is 6.84. The van der Waals surface area contributed by atoms with Gasteiger partial charge in [0, 0.05) is 19.5 Å². The third-order valence-electron chi connectivity index (χ3n) is 5.00. The first-order chi connectivity index (χ1) is 9.75. The summed E-state index contributed by atoms with van der Waals surface area (Å²) in [6, 6.07) is 0.375. The number of hydrogen-bond acceptors (Lipinski definition) is 3. The summed E-state index contributed by atoms with van der Waals surface area (Å²) < 4.78 is 2.38. The van der Waals surface area contributed by atoms with Crippen molar-refractivity contribution in [2.45, 2.75) is 71.4 Å². The molecule has 0 amide bonds. The maximum absolute atomic E-state index is 4.49. The molecular formula is C16H28N4. The lowest BCUT2D eigenvalue weighted by atomic mass is 9.86. The van der Waals surface area contributed by atoms with Gasteiger partial charge in [-0.1, -0.05) is 46.0 Å². The van der Waals surface area contributed by atoms with Crippen molar-refractivity contribution in [1.82, 2.24) is 20.1 Å². The van der Waals surface area contributed by atoms with Crippen molar-refractivity contribution < 1.29 is 0 Å². The fourth-order valence-corrected chi connectivity index (χ4v) is 3.77. The van der Waals surface area contributed by atoms with E-state index >= 15 is 0 Å². The van der Waals surface area contributed by atoms with Crippen molar-refractivity contribution >= 4 is 0 Å². The van der Waals surface area contributed by atoms with Gasteiger partial charge in [-0.05, 0) is 18.3 Å². The standard InChI is InChI=1S/C16H28N4/c1-12(2)15-16-19-18-14(20(16)11-10-17-15)9-8-13-6-4-3-5-7-13/h12-13,15,17H,3-11H2,1-2H3. The Labute approximate surface area is 122 Å². The van der Waals surface area contributed by atoms with Crippen LogP contribution >= 0.6 is 0 Å². The lowest BCUT2D eigenvalue weighted by molar-refractivity contribution is 0.323. The summed E-state index contributed by atoms with van der Waals surface area (Å²) in [6.45, 7) is 6.59. The van der Waals surface area contributed by atoms with Crippen LogP contribution in [0.15, 0.2) is 0 Å². The third-order valence-corrected chi connectivity index (χ3v) is 5.00. The van der Waals surface area contributed by atoms with E-state index in [4.69, 9.17) is 0 Å². The maximum atomic E-state index is 4.49. The molecule has 1 aromatic rings. The van der Waals surface area contributed by atoms with Gasteiger partial charge >= 0.3 is 0 Å². The monoisotopic (exact) mass is 276 g/mol. The molecule has 112 valence electrons. The van der Waals surface area contributed by atoms with Crippen LogP contribution < -0.4 is 5.32 Å². The molecule has 2 heterocycles. The van der Waals surface area contributed by atoms with Gasteiger partial charge in [0.1, 0.15) is 5.82 Å². The first-order valence-electron chi connectivity index (χ1n) is 8.41. The molecule has 0 saturated heterocycles. The topological polar surface area (TPSA) is 42.7 Å². The van der Waals surface area contributed by atoms with Gasteiger partial charge in [-0.15, -0.1) is 10.2 Å². The number of fused-ring (bicyclic) bond motifs is 1. The average molecular weight is 276 g/mol. The maximum Gasteiger partial charge on any atom is 0.150 e. The summed E-state index contributed by atoms with van der Waals surface area (Å²) in [6.07, 6.45) is 9.58. The normalized spacial score (nSPS) is 24.1. The van der Waals surface area contributed by atoms with Crippen LogP contribution in [-0.2, 0) is 13.0 Å². The van der Waals surface area contributed by atoms with Crippen molar-refractivity contribution in [3.63, 3.8) is 0 Å². The summed E-state index contributed by atoms with van der Waals surface area (Å²) in [5.74, 6) is 3.88. The highest BCUT2D eigenvalue weighted by Crippen LogP contribution is 2.28. The molecule has 4 nitrogen and oxygen atoms in total. The molecule has 1 aliphatic carbocycles. The summed E-state index contributed by atoms with van der Waals surface area (Å²) >= 11 is 0. The molecule has 1 aromatic heterocycles. The minimum absolute atomic E-state index is 0.375. The van der Waals surface area contributed by atoms with E-state index < -0.39 is 0 Å². The Hall–Kier alpha value is -0.900. The second-order valence-corrected chi connectivity index (χ2v) is 6.84. The van der Waals surface area contributed by atoms with Crippen molar-refractivity contribution in [3.05, 3.63) is 11.6 Å². The van der Waals surface area contributed by atoms with Crippen molar-refractivity contribution in [2.24, 2.45) is 11.8 Å². The van der Waals surface area contributed by atoms with Crippen LogP contribution in [0.4, 0.5) is 0 Å². The first-order valence-corrected chi connectivity index (χ1v) is 8.41. The SMILES string of the molecule is CC(C)C1NCCn2c(CCC3CCCCC3)nnc21. The van der Waals surface area contributed by atoms with Crippen molar-refractivity contribution in [1.29, 1.82) is 0 Å². The Bertz CT molecular complexity index is 432. The molecule has 0 radical (unpaired) electrons. The number of aromatic nitrogens is 3. The highest BCUT2D eigenvalue weighted by Gasteiger charge is 2.27. The zero-order chi connectivity index (χ0) is 13.9. The molecule has 20 heavy (non-hydrogen) atoms. The summed E-state index contributed by atoms with van der Waals surface area (Å²) in [5.41, 5.74) is 0. The van der Waals surface area contributed by atoms with Gasteiger partial charge in [-0.3, -0.25) is 0 Å². The Morgan fingerprint density at radius 2 is 2.00 bits per heavy atom. The van der Waals surface area contributed by atoms with Crippen LogP contribution in [0.2, 0.25) is 0 Å². The Morgan fingerprint density at radius 3 is 2.75 bits per heavy atom. The molecule has 0 spiro atoms. The van der Waals surface area contributed by atoms with Gasteiger partial charge in [0.25, 0.3) is 0 Å². The highest BCUT2D eigenvalue weighted by molar-refractivity contribution is 5.05. The van der Waals surface area contributed by atoms with Crippen LogP contribution in [0.3, 0.4) is 0 Å². The van der Waals surface area contributed by atoms with E-state index in [1.54, 1.807) is 0 Å². The van der Waals surface area contributed by atoms with E-state index in [1.807, 2.05) is 0 Å². The third kappa shape index (κ3) is 2.90. The quantitative estimate of drug-likeness (QED) is 0.919. The largest absolute Gasteiger partial charge is 0.312 e. The number of hydrogen-bond donors (Lipinski definition) is 1. The number of aryl methyl sites for hydroxylation is 1. The Kier molecular flexibility index (Phi) is 4.39. The lowest BCUT2D eigenvalue weighted by Crippen LogP contribution is -2.37. The van der Waals surface area contributed by atoms with E-state index in [0.717, 1.165) is 31.3 Å². The van der Waals surface area contributed by atoms with Crippen LogP contribution in [0.5, 0.6) is 0 Å². The fraction of sp³-hybridized carbons (Fsp3) is 0.875. The van der Waals surface area contributed by atoms with Crippen LogP contribution in [0, 0.1) is 11.8 Å². The molecule has 0 bridgehead atoms. The van der Waals surface area contributed by atoms with Crippen LogP contribution in [-0.4, -0.2) is 21.3 Å². The van der Waals surface area contributed by atoms with Gasteiger partial charge in [0.15, 0.2) is 5.82 Å². The number of nitrogens with one attached hydrogen (secondary N) is 1. The van der Waals surface area contributed by atoms with Crippen LogP contribution in [0.25, 0.3) is 0 Å². The average Bonchev–Trinajstić information content (AvgIpc) is 2.89. The van der Waals surface area contributed by atoms with Crippen LogP contribution in [0.1, 0.15) is 70.1 Å². The fourth-order valence-electron chi connectivity index (χ4n) is 3.77. The minimum atomic E-state index is 0.375. The Balaban J connectivity index is 1.65. The summed E-state index contributed by atoms with van der Waals surface area (Å²) in [5, 5.41) is 12.5. The van der Waals surface area contributed by atoms with E-state index in [-0.39, 0.29) is 0 Å². The number of nitrogens with zero attached hydrogens (tertiary/aromatic N) is 3. The first kappa shape index (κ1) is 14.1. The molecule has 3 rings (SSSR count). The molecule has 1 atom stereocenters. The van der Waals surface area contributed by atoms with E-state index in [2.05, 4.69) is 33.9 Å². The molecule has 4 heteroatoms. The van der Waals surface area contributed by atoms with E-state index in [9.17, 15) is 0 Å². The molecular weight excluding hydrogens is 248 g/mol. The lowest BCUT2D eigenvalue weighted by Gasteiger charge is -2.28. The predicted octanol–water partition coefficient (Wildman–Crippen LogP) is 3.09. The molecule has 1 N–H and O–H groups in total. The minimum Gasteiger partial charge on any atom is -0.312 e. The second kappa shape index (κ2) is 6.25. The van der Waals surface area contributed by atoms with E-state index in [1.165, 1.54) is 44.3 Å². The molecule has 1 aliphatic heterocycles. The zero-order valence-corrected chi connectivity index (χ0v) is 12.9. The van der Waals surface area contributed by atoms with Crippen molar-refractivity contribution in [2.75, 3.05) is 6.54 Å². The van der Waals surface area contributed by atoms with Gasteiger partial charge < -0.3 is 9.88 Å². The molecule has 2 aliphatic rings. The Morgan fingerprint density at radius 1 is 1.20 bits per heavy atom. The number of rotatable bonds is 4. The summed E-state index contributed by atoms with van der Waals surface area (Å²) in [4.78, 5) is 0. The van der Waals surface area contributed by atoms with Gasteiger partial charge in [-0.2, -0.15) is 0 Å². The highest BCUT2D eigenvalue weighted by atomic mass is 15.3. The van der Waals surface area contributed by atoms with Gasteiger partial charge in [0.2, 0.25) is 0 Å². The molecule has 1 unspecified atom stereocenters. The predicted molar refractivity (Wildman–Crippen MR) is 80.5 cm³/mol. The van der Waals surface area contributed by atoms with Gasteiger partial charge in [0.05, 0.1) is 6.04 Å². The molecule has 1 fully saturated rings.